The minimum Gasteiger partial charge on any atom is -0.335 e. The zero-order valence-electron chi connectivity index (χ0n) is 18.8. The van der Waals surface area contributed by atoms with Crippen molar-refractivity contribution in [2.45, 2.75) is 44.8 Å². The van der Waals surface area contributed by atoms with Crippen LogP contribution >= 0.6 is 0 Å². The van der Waals surface area contributed by atoms with E-state index in [2.05, 4.69) is 19.9 Å². The van der Waals surface area contributed by atoms with Crippen molar-refractivity contribution in [1.29, 1.82) is 0 Å². The number of likely N-dealkylation sites (tertiary alicyclic amines) is 1. The number of rotatable bonds is 5. The van der Waals surface area contributed by atoms with Gasteiger partial charge in [0.1, 0.15) is 17.5 Å². The van der Waals surface area contributed by atoms with E-state index in [4.69, 9.17) is 0 Å². The third-order valence-electron chi connectivity index (χ3n) is 6.15. The maximum atomic E-state index is 14.8. The van der Waals surface area contributed by atoms with Crippen LogP contribution in [0.5, 0.6) is 0 Å². The molecule has 184 valence electrons. The lowest BCUT2D eigenvalue weighted by Crippen LogP contribution is -2.48. The summed E-state index contributed by atoms with van der Waals surface area (Å²) in [7, 11) is 0. The third-order valence-corrected chi connectivity index (χ3v) is 6.15. The van der Waals surface area contributed by atoms with Gasteiger partial charge in [0.15, 0.2) is 5.82 Å². The Balaban J connectivity index is 1.60. The van der Waals surface area contributed by atoms with Crippen LogP contribution in [-0.4, -0.2) is 43.3 Å². The molecule has 35 heavy (non-hydrogen) atoms. The quantitative estimate of drug-likeness (QED) is 0.464. The van der Waals surface area contributed by atoms with Gasteiger partial charge in [0.05, 0.1) is 16.7 Å². The van der Waals surface area contributed by atoms with Gasteiger partial charge in [-0.3, -0.25) is 4.79 Å². The summed E-state index contributed by atoms with van der Waals surface area (Å²) in [6.45, 7) is 2.33. The molecule has 1 aliphatic rings. The molecule has 1 fully saturated rings. The first kappa shape index (κ1) is 24.6. The van der Waals surface area contributed by atoms with E-state index in [1.54, 1.807) is 4.90 Å². The fourth-order valence-corrected chi connectivity index (χ4v) is 4.40. The SMILES string of the molecule is C[C@@H]1CCCN(C(=O)c2cc(F)cc(F)c2-c2ncccn2)[C@@H]1CCc1ncc(C(F)(F)F)cn1. The monoisotopic (exact) mass is 491 g/mol. The second-order valence-corrected chi connectivity index (χ2v) is 8.49. The summed E-state index contributed by atoms with van der Waals surface area (Å²) in [5.41, 5.74) is -1.30. The van der Waals surface area contributed by atoms with E-state index in [1.807, 2.05) is 6.92 Å². The van der Waals surface area contributed by atoms with Gasteiger partial charge in [-0.1, -0.05) is 6.92 Å². The second-order valence-electron chi connectivity index (χ2n) is 8.49. The lowest BCUT2D eigenvalue weighted by Gasteiger charge is -2.40. The number of halogens is 5. The first-order valence-electron chi connectivity index (χ1n) is 11.1. The smallest absolute Gasteiger partial charge is 0.335 e. The molecule has 0 unspecified atom stereocenters. The summed E-state index contributed by atoms with van der Waals surface area (Å²) in [6, 6.07) is 2.88. The fraction of sp³-hybridized carbons (Fsp3) is 0.375. The van der Waals surface area contributed by atoms with E-state index >= 15 is 0 Å². The Bertz CT molecular complexity index is 1190. The van der Waals surface area contributed by atoms with Crippen molar-refractivity contribution in [3.8, 4) is 11.4 Å². The Morgan fingerprint density at radius 1 is 1.09 bits per heavy atom. The van der Waals surface area contributed by atoms with Crippen LogP contribution in [0, 0.1) is 17.6 Å². The van der Waals surface area contributed by atoms with Crippen molar-refractivity contribution in [2.75, 3.05) is 6.54 Å². The van der Waals surface area contributed by atoms with Crippen molar-refractivity contribution in [3.63, 3.8) is 0 Å². The average molecular weight is 491 g/mol. The number of carbonyl (C=O) groups excluding carboxylic acids is 1. The number of benzene rings is 1. The van der Waals surface area contributed by atoms with Gasteiger partial charge in [0, 0.05) is 49.9 Å². The van der Waals surface area contributed by atoms with Crippen LogP contribution in [0.2, 0.25) is 0 Å². The highest BCUT2D eigenvalue weighted by Crippen LogP contribution is 2.32. The molecule has 3 aromatic rings. The predicted octanol–water partition coefficient (Wildman–Crippen LogP) is 5.10. The molecular weight excluding hydrogens is 469 g/mol. The molecule has 1 amide bonds. The molecule has 0 N–H and O–H groups in total. The number of alkyl halides is 3. The summed E-state index contributed by atoms with van der Waals surface area (Å²) in [4.78, 5) is 30.8. The standard InChI is InChI=1S/C24H22F5N5O/c1-14-4-2-9-34(19(14)5-6-20-32-12-15(13-33-20)24(27,28)29)23(35)17-10-16(25)11-18(26)21(17)22-30-7-3-8-31-22/h3,7-8,10-14,19H,2,4-6,9H2,1H3/t14-,19-/m1/s1. The number of piperidine rings is 1. The molecule has 1 aromatic carbocycles. The third kappa shape index (κ3) is 5.44. The molecular formula is C24H22F5N5O. The van der Waals surface area contributed by atoms with Gasteiger partial charge >= 0.3 is 6.18 Å². The van der Waals surface area contributed by atoms with Gasteiger partial charge in [-0.05, 0) is 37.3 Å². The molecule has 0 bridgehead atoms. The summed E-state index contributed by atoms with van der Waals surface area (Å²) in [5, 5.41) is 0. The maximum absolute atomic E-state index is 14.8. The molecule has 6 nitrogen and oxygen atoms in total. The van der Waals surface area contributed by atoms with Crippen LogP contribution in [0.25, 0.3) is 11.4 Å². The van der Waals surface area contributed by atoms with Gasteiger partial charge in [-0.25, -0.2) is 28.7 Å². The molecule has 2 aromatic heterocycles. The highest BCUT2D eigenvalue weighted by molar-refractivity contribution is 6.00. The highest BCUT2D eigenvalue weighted by Gasteiger charge is 2.35. The normalized spacial score (nSPS) is 18.5. The summed E-state index contributed by atoms with van der Waals surface area (Å²) in [5.74, 6) is -2.16. The Morgan fingerprint density at radius 3 is 2.43 bits per heavy atom. The second kappa shape index (κ2) is 10.0. The molecule has 1 aliphatic heterocycles. The van der Waals surface area contributed by atoms with Gasteiger partial charge < -0.3 is 4.90 Å². The van der Waals surface area contributed by atoms with Crippen LogP contribution in [0.4, 0.5) is 22.0 Å². The summed E-state index contributed by atoms with van der Waals surface area (Å²) < 4.78 is 67.3. The van der Waals surface area contributed by atoms with Crippen molar-refractivity contribution < 1.29 is 26.7 Å². The molecule has 3 heterocycles. The molecule has 4 rings (SSSR count). The molecule has 0 radical (unpaired) electrons. The van der Waals surface area contributed by atoms with Crippen LogP contribution in [-0.2, 0) is 12.6 Å². The lowest BCUT2D eigenvalue weighted by molar-refractivity contribution is -0.138. The number of hydrogen-bond donors (Lipinski definition) is 0. The predicted molar refractivity (Wildman–Crippen MR) is 116 cm³/mol. The van der Waals surface area contributed by atoms with Crippen molar-refractivity contribution in [3.05, 3.63) is 71.6 Å². The Hall–Kier alpha value is -3.50. The minimum absolute atomic E-state index is 0.0342. The van der Waals surface area contributed by atoms with Gasteiger partial charge in [0.2, 0.25) is 0 Å². The van der Waals surface area contributed by atoms with Crippen LogP contribution in [0.1, 0.15) is 47.9 Å². The van der Waals surface area contributed by atoms with Crippen LogP contribution < -0.4 is 0 Å². The fourth-order valence-electron chi connectivity index (χ4n) is 4.40. The van der Waals surface area contributed by atoms with E-state index < -0.39 is 29.3 Å². The van der Waals surface area contributed by atoms with E-state index in [0.717, 1.165) is 24.9 Å². The zero-order chi connectivity index (χ0) is 25.2. The molecule has 11 heteroatoms. The molecule has 1 saturated heterocycles. The average Bonchev–Trinajstić information content (AvgIpc) is 2.82. The first-order chi connectivity index (χ1) is 16.6. The number of aromatic nitrogens is 4. The highest BCUT2D eigenvalue weighted by atomic mass is 19.4. The zero-order valence-corrected chi connectivity index (χ0v) is 18.8. The number of nitrogens with zero attached hydrogens (tertiary/aromatic N) is 5. The lowest BCUT2D eigenvalue weighted by atomic mass is 9.87. The molecule has 0 aliphatic carbocycles. The van der Waals surface area contributed by atoms with Crippen LogP contribution in [0.3, 0.4) is 0 Å². The molecule has 2 atom stereocenters. The molecule has 0 spiro atoms. The Kier molecular flexibility index (Phi) is 7.04. The summed E-state index contributed by atoms with van der Waals surface area (Å²) in [6.07, 6.45) is 1.89. The van der Waals surface area contributed by atoms with Gasteiger partial charge in [0.25, 0.3) is 5.91 Å². The Labute approximate surface area is 198 Å². The number of aryl methyl sites for hydroxylation is 1. The largest absolute Gasteiger partial charge is 0.419 e. The van der Waals surface area contributed by atoms with E-state index in [0.29, 0.717) is 25.5 Å². The maximum Gasteiger partial charge on any atom is 0.419 e. The van der Waals surface area contributed by atoms with E-state index in [9.17, 15) is 26.7 Å². The van der Waals surface area contributed by atoms with E-state index in [-0.39, 0.29) is 41.2 Å². The number of hydrogen-bond acceptors (Lipinski definition) is 5. The number of amides is 1. The minimum atomic E-state index is -4.53. The van der Waals surface area contributed by atoms with Crippen molar-refractivity contribution in [2.24, 2.45) is 5.92 Å². The van der Waals surface area contributed by atoms with Gasteiger partial charge in [-0.15, -0.1) is 0 Å². The first-order valence-corrected chi connectivity index (χ1v) is 11.1. The topological polar surface area (TPSA) is 71.9 Å². The Morgan fingerprint density at radius 2 is 1.77 bits per heavy atom. The van der Waals surface area contributed by atoms with Crippen molar-refractivity contribution >= 4 is 5.91 Å². The van der Waals surface area contributed by atoms with Crippen LogP contribution in [0.15, 0.2) is 43.0 Å². The van der Waals surface area contributed by atoms with Crippen molar-refractivity contribution in [1.82, 2.24) is 24.8 Å². The van der Waals surface area contributed by atoms with Gasteiger partial charge in [-0.2, -0.15) is 13.2 Å². The van der Waals surface area contributed by atoms with E-state index in [1.165, 1.54) is 18.5 Å². The summed E-state index contributed by atoms with van der Waals surface area (Å²) >= 11 is 0. The number of carbonyl (C=O) groups is 1. The molecule has 0 saturated carbocycles.